The first-order chi connectivity index (χ1) is 3.98. The van der Waals surface area contributed by atoms with E-state index in [1.165, 1.54) is 0 Å². The summed E-state index contributed by atoms with van der Waals surface area (Å²) in [7, 11) is -1.78. The van der Waals surface area contributed by atoms with Crippen molar-refractivity contribution < 1.29 is 23.2 Å². The van der Waals surface area contributed by atoms with Crippen molar-refractivity contribution >= 4 is 26.8 Å². The lowest BCUT2D eigenvalue weighted by Gasteiger charge is -2.00. The van der Waals surface area contributed by atoms with E-state index in [4.69, 9.17) is 9.79 Å². The molecule has 2 unspecified atom stereocenters. The molecule has 2 N–H and O–H groups in total. The van der Waals surface area contributed by atoms with Crippen LogP contribution in [0.2, 0.25) is 0 Å². The van der Waals surface area contributed by atoms with Gasteiger partial charge in [0.05, 0.1) is 0 Å². The van der Waals surface area contributed by atoms with Crippen LogP contribution in [-0.4, -0.2) is 16.9 Å². The van der Waals surface area contributed by atoms with Crippen LogP contribution in [0.5, 0.6) is 0 Å². The van der Waals surface area contributed by atoms with E-state index in [2.05, 4.69) is 20.6 Å². The average Bonchev–Trinajstić information content (AvgIpc) is 1.63. The Morgan fingerprint density at radius 3 is 2.33 bits per heavy atom. The second kappa shape index (κ2) is 3.68. The van der Waals surface area contributed by atoms with Gasteiger partial charge >= 0.3 is 15.0 Å². The van der Waals surface area contributed by atoms with Crippen LogP contribution in [0.15, 0.2) is 0 Å². The monoisotopic (exact) mass is 191 g/mol. The molecule has 0 aliphatic carbocycles. The standard InChI is InChI=1S/CH4O5P2S/c1-5-8(4,9)6-7(2)3/h1H3,(H-,2,3,4,9)/p+1. The Kier molecular flexibility index (Phi) is 3.93. The smallest absolute Gasteiger partial charge is 0.322 e. The molecule has 0 aromatic rings. The summed E-state index contributed by atoms with van der Waals surface area (Å²) < 4.78 is 17.9. The van der Waals surface area contributed by atoms with E-state index in [1.54, 1.807) is 0 Å². The molecule has 0 rings (SSSR count). The summed E-state index contributed by atoms with van der Waals surface area (Å²) in [6.07, 6.45) is 0. The molecule has 0 heterocycles. The van der Waals surface area contributed by atoms with Gasteiger partial charge in [0.25, 0.3) is 0 Å². The lowest BCUT2D eigenvalue weighted by atomic mass is 11.8. The first kappa shape index (κ1) is 9.59. The van der Waals surface area contributed by atoms with Crippen molar-refractivity contribution in [2.45, 2.75) is 0 Å². The number of hydrogen-bond donors (Lipinski definition) is 2. The molecule has 0 saturated heterocycles. The topological polar surface area (TPSA) is 76.0 Å². The summed E-state index contributed by atoms with van der Waals surface area (Å²) in [5.41, 5.74) is 0. The van der Waals surface area contributed by atoms with Crippen molar-refractivity contribution in [3.63, 3.8) is 0 Å². The third kappa shape index (κ3) is 5.06. The van der Waals surface area contributed by atoms with Gasteiger partial charge in [-0.05, 0) is 16.1 Å². The van der Waals surface area contributed by atoms with E-state index >= 15 is 0 Å². The Bertz CT molecular complexity index is 155. The highest BCUT2D eigenvalue weighted by Crippen LogP contribution is 2.49. The second-order valence-electron chi connectivity index (χ2n) is 0.971. The van der Waals surface area contributed by atoms with Crippen molar-refractivity contribution in [2.24, 2.45) is 0 Å². The molecule has 8 heteroatoms. The van der Waals surface area contributed by atoms with E-state index in [0.29, 0.717) is 0 Å². The predicted octanol–water partition coefficient (Wildman–Crippen LogP) is 0.516. The van der Waals surface area contributed by atoms with Crippen molar-refractivity contribution in [3.05, 3.63) is 0 Å². The van der Waals surface area contributed by atoms with E-state index in [9.17, 15) is 4.57 Å². The molecular formula is CH5O5P2S+. The maximum absolute atomic E-state index is 9.82. The molecule has 5 nitrogen and oxygen atoms in total. The molecule has 0 amide bonds. The minimum absolute atomic E-state index is 1.10. The lowest BCUT2D eigenvalue weighted by Crippen LogP contribution is -1.81. The third-order valence-corrected chi connectivity index (χ3v) is 3.30. The second-order valence-corrected chi connectivity index (χ2v) is 4.79. The van der Waals surface area contributed by atoms with Gasteiger partial charge in [-0.3, -0.25) is 0 Å². The fourth-order valence-electron chi connectivity index (χ4n) is 0.122. The Balaban J connectivity index is 3.88. The Labute approximate surface area is 57.8 Å². The zero-order valence-electron chi connectivity index (χ0n) is 4.42. The number of rotatable bonds is 3. The zero-order valence-corrected chi connectivity index (χ0v) is 7.03. The van der Waals surface area contributed by atoms with E-state index in [0.717, 1.165) is 7.11 Å². The quantitative estimate of drug-likeness (QED) is 0.633. The molecule has 9 heavy (non-hydrogen) atoms. The van der Waals surface area contributed by atoms with Crippen LogP contribution in [-0.2, 0) is 25.2 Å². The highest BCUT2D eigenvalue weighted by molar-refractivity contribution is 8.08. The molecule has 2 atom stereocenters. The minimum atomic E-state index is -3.43. The summed E-state index contributed by atoms with van der Waals surface area (Å²) in [4.78, 5) is 16.7. The van der Waals surface area contributed by atoms with Crippen molar-refractivity contribution in [3.8, 4) is 0 Å². The minimum Gasteiger partial charge on any atom is -0.322 e. The van der Waals surface area contributed by atoms with Crippen LogP contribution in [0, 0.1) is 0 Å². The zero-order chi connectivity index (χ0) is 7.49. The van der Waals surface area contributed by atoms with Crippen LogP contribution < -0.4 is 0 Å². The third-order valence-electron chi connectivity index (χ3n) is 0.404. The molecule has 0 aliphatic rings. The SMILES string of the molecule is COP(O)(=S)O[P+](=O)O. The average molecular weight is 191 g/mol. The molecule has 0 aliphatic heterocycles. The highest BCUT2D eigenvalue weighted by Gasteiger charge is 2.27. The normalized spacial score (nSPS) is 18.8. The Hall–Kier alpha value is 0.590. The van der Waals surface area contributed by atoms with Crippen LogP contribution in [0.3, 0.4) is 0 Å². The Morgan fingerprint density at radius 1 is 1.78 bits per heavy atom. The van der Waals surface area contributed by atoms with Crippen LogP contribution in [0.1, 0.15) is 0 Å². The number of hydrogen-bond acceptors (Lipinski definition) is 4. The van der Waals surface area contributed by atoms with Crippen LogP contribution in [0.4, 0.5) is 0 Å². The summed E-state index contributed by atoms with van der Waals surface area (Å²) in [6, 6.07) is 0. The first-order valence-electron chi connectivity index (χ1n) is 1.72. The molecule has 0 aromatic heterocycles. The van der Waals surface area contributed by atoms with Crippen molar-refractivity contribution in [1.29, 1.82) is 0 Å². The van der Waals surface area contributed by atoms with Gasteiger partial charge in [-0.1, -0.05) is 0 Å². The molecule has 0 saturated carbocycles. The molecule has 0 radical (unpaired) electrons. The van der Waals surface area contributed by atoms with Crippen LogP contribution >= 0.6 is 15.0 Å². The van der Waals surface area contributed by atoms with Gasteiger partial charge < -0.3 is 9.42 Å². The molecule has 0 aromatic carbocycles. The lowest BCUT2D eigenvalue weighted by molar-refractivity contribution is 0.300. The van der Waals surface area contributed by atoms with Gasteiger partial charge in [-0.2, -0.15) is 0 Å². The fraction of sp³-hybridized carbons (Fsp3) is 1.00. The largest absolute Gasteiger partial charge is 0.703 e. The van der Waals surface area contributed by atoms with Gasteiger partial charge in [0.2, 0.25) is 0 Å². The van der Waals surface area contributed by atoms with Gasteiger partial charge in [0.1, 0.15) is 0 Å². The summed E-state index contributed by atoms with van der Waals surface area (Å²) in [5, 5.41) is 0. The van der Waals surface area contributed by atoms with Gasteiger partial charge in [0.15, 0.2) is 0 Å². The summed E-state index contributed by atoms with van der Waals surface area (Å²) in [5.74, 6) is 0. The first-order valence-corrected chi connectivity index (χ1v) is 5.44. The predicted molar refractivity (Wildman–Crippen MR) is 34.4 cm³/mol. The molecule has 0 bridgehead atoms. The summed E-state index contributed by atoms with van der Waals surface area (Å²) >= 11 is 4.20. The van der Waals surface area contributed by atoms with Gasteiger partial charge in [-0.15, -0.1) is 4.89 Å². The summed E-state index contributed by atoms with van der Waals surface area (Å²) in [6.45, 7) is -3.43. The van der Waals surface area contributed by atoms with E-state index < -0.39 is 15.0 Å². The van der Waals surface area contributed by atoms with Gasteiger partial charge in [0, 0.05) is 11.7 Å². The maximum Gasteiger partial charge on any atom is 0.703 e. The maximum atomic E-state index is 9.82. The van der Waals surface area contributed by atoms with Crippen LogP contribution in [0.25, 0.3) is 0 Å². The van der Waals surface area contributed by atoms with E-state index in [-0.39, 0.29) is 0 Å². The molecule has 54 valence electrons. The van der Waals surface area contributed by atoms with Gasteiger partial charge in [-0.25, -0.2) is 0 Å². The fourth-order valence-corrected chi connectivity index (χ4v) is 1.61. The highest BCUT2D eigenvalue weighted by atomic mass is 32.5. The van der Waals surface area contributed by atoms with Crippen molar-refractivity contribution in [1.82, 2.24) is 0 Å². The molecule has 0 spiro atoms. The Morgan fingerprint density at radius 2 is 2.22 bits per heavy atom. The van der Waals surface area contributed by atoms with Crippen molar-refractivity contribution in [2.75, 3.05) is 7.11 Å². The van der Waals surface area contributed by atoms with E-state index in [1.807, 2.05) is 0 Å². The molecule has 0 fully saturated rings. The molecular weight excluding hydrogens is 186 g/mol.